The first-order chi connectivity index (χ1) is 19.5. The van der Waals surface area contributed by atoms with E-state index in [9.17, 15) is 14.4 Å². The maximum Gasteiger partial charge on any atom is 0.329 e. The Hall–Kier alpha value is -2.81. The van der Waals surface area contributed by atoms with Crippen molar-refractivity contribution in [1.82, 2.24) is 4.90 Å². The van der Waals surface area contributed by atoms with Crippen LogP contribution in [0.1, 0.15) is 56.8 Å². The van der Waals surface area contributed by atoms with Crippen molar-refractivity contribution in [3.63, 3.8) is 0 Å². The molecule has 1 amide bonds. The highest BCUT2D eigenvalue weighted by molar-refractivity contribution is 6.76. The van der Waals surface area contributed by atoms with Gasteiger partial charge in [-0.3, -0.25) is 9.59 Å². The zero-order valence-electron chi connectivity index (χ0n) is 25.4. The summed E-state index contributed by atoms with van der Waals surface area (Å²) in [6.45, 7) is 11.3. The summed E-state index contributed by atoms with van der Waals surface area (Å²) in [6.07, 6.45) is 2.91. The van der Waals surface area contributed by atoms with E-state index in [1.165, 1.54) is 4.90 Å². The van der Waals surface area contributed by atoms with Gasteiger partial charge in [0.2, 0.25) is 5.78 Å². The Kier molecular flexibility index (Phi) is 12.3. The first kappa shape index (κ1) is 32.7. The average Bonchev–Trinajstić information content (AvgIpc) is 2.96. The minimum Gasteiger partial charge on any atom is -0.456 e. The lowest BCUT2D eigenvalue weighted by atomic mass is 9.87. The van der Waals surface area contributed by atoms with Crippen LogP contribution in [0.4, 0.5) is 0 Å². The second kappa shape index (κ2) is 15.4. The van der Waals surface area contributed by atoms with Gasteiger partial charge in [0, 0.05) is 21.2 Å². The van der Waals surface area contributed by atoms with E-state index in [1.54, 1.807) is 13.8 Å². The van der Waals surface area contributed by atoms with Crippen LogP contribution in [0.3, 0.4) is 0 Å². The smallest absolute Gasteiger partial charge is 0.329 e. The lowest BCUT2D eigenvalue weighted by Crippen LogP contribution is -2.53. The fraction of sp³-hybridized carbons (Fsp3) is 0.545. The zero-order valence-corrected chi connectivity index (χ0v) is 26.4. The van der Waals surface area contributed by atoms with Crippen molar-refractivity contribution in [2.75, 3.05) is 26.6 Å². The molecule has 224 valence electrons. The lowest BCUT2D eigenvalue weighted by Gasteiger charge is -2.36. The highest BCUT2D eigenvalue weighted by Gasteiger charge is 2.42. The number of Topliss-reactive ketones (excluding diaryl/α,β-unsaturated/α-hetero) is 1. The molecule has 0 aromatic heterocycles. The molecule has 1 heterocycles. The standard InChI is InChI=1S/C33H47NO6Si/c1-33(2,24-39-25-38-22-23-41(3,4)5)30(35)31(36)34-21-13-12-18-28(34)32(37)40-29(27-16-10-7-11-17-27)20-19-26-14-8-6-9-15-26/h6-11,14-17,28-29H,12-13,18-25H2,1-5H3. The molecular weight excluding hydrogens is 534 g/mol. The zero-order chi connectivity index (χ0) is 29.9. The van der Waals surface area contributed by atoms with Crippen molar-refractivity contribution < 1.29 is 28.6 Å². The summed E-state index contributed by atoms with van der Waals surface area (Å²) in [6, 6.07) is 20.0. The number of benzene rings is 2. The molecule has 1 aliphatic heterocycles. The number of carbonyl (C=O) groups is 3. The number of piperidine rings is 1. The molecule has 7 nitrogen and oxygen atoms in total. The Morgan fingerprint density at radius 1 is 0.951 bits per heavy atom. The first-order valence-electron chi connectivity index (χ1n) is 14.8. The van der Waals surface area contributed by atoms with Gasteiger partial charge in [-0.25, -0.2) is 4.79 Å². The second-order valence-corrected chi connectivity index (χ2v) is 18.4. The van der Waals surface area contributed by atoms with Crippen molar-refractivity contribution in [2.45, 2.75) is 83.8 Å². The summed E-state index contributed by atoms with van der Waals surface area (Å²) in [5.41, 5.74) is 1.02. The van der Waals surface area contributed by atoms with E-state index in [0.29, 0.717) is 26.0 Å². The second-order valence-electron chi connectivity index (χ2n) is 12.8. The van der Waals surface area contributed by atoms with E-state index in [0.717, 1.165) is 36.4 Å². The average molecular weight is 582 g/mol. The fourth-order valence-corrected chi connectivity index (χ4v) is 5.58. The number of hydrogen-bond donors (Lipinski definition) is 0. The van der Waals surface area contributed by atoms with E-state index < -0.39 is 43.3 Å². The molecule has 0 radical (unpaired) electrons. The summed E-state index contributed by atoms with van der Waals surface area (Å²) in [4.78, 5) is 41.8. The summed E-state index contributed by atoms with van der Waals surface area (Å²) in [5.74, 6) is -1.68. The number of rotatable bonds is 15. The first-order valence-corrected chi connectivity index (χ1v) is 18.5. The maximum atomic E-state index is 13.6. The summed E-state index contributed by atoms with van der Waals surface area (Å²) < 4.78 is 17.3. The summed E-state index contributed by atoms with van der Waals surface area (Å²) in [5, 5.41) is 0. The molecule has 8 heteroatoms. The van der Waals surface area contributed by atoms with E-state index in [2.05, 4.69) is 31.8 Å². The highest BCUT2D eigenvalue weighted by atomic mass is 28.3. The number of nitrogens with zero attached hydrogens (tertiary/aromatic N) is 1. The third-order valence-corrected chi connectivity index (χ3v) is 9.14. The van der Waals surface area contributed by atoms with E-state index in [4.69, 9.17) is 14.2 Å². The van der Waals surface area contributed by atoms with Crippen LogP contribution in [0.25, 0.3) is 0 Å². The predicted octanol–water partition coefficient (Wildman–Crippen LogP) is 6.21. The monoisotopic (exact) mass is 581 g/mol. The molecule has 0 bridgehead atoms. The van der Waals surface area contributed by atoms with Crippen LogP contribution < -0.4 is 0 Å². The molecule has 2 aromatic rings. The Balaban J connectivity index is 1.62. The molecule has 1 aliphatic rings. The minimum atomic E-state index is -1.20. The third kappa shape index (κ3) is 10.5. The van der Waals surface area contributed by atoms with Gasteiger partial charge in [0.25, 0.3) is 5.91 Å². The molecule has 41 heavy (non-hydrogen) atoms. The topological polar surface area (TPSA) is 82.1 Å². The summed E-state index contributed by atoms with van der Waals surface area (Å²) in [7, 11) is -1.20. The number of ether oxygens (including phenoxy) is 3. The van der Waals surface area contributed by atoms with Crippen molar-refractivity contribution in [3.05, 3.63) is 71.8 Å². The molecule has 2 atom stereocenters. The quantitative estimate of drug-likeness (QED) is 0.0818. The van der Waals surface area contributed by atoms with Crippen molar-refractivity contribution in [1.29, 1.82) is 0 Å². The van der Waals surface area contributed by atoms with Crippen LogP contribution in [-0.4, -0.2) is 63.2 Å². The van der Waals surface area contributed by atoms with Gasteiger partial charge in [-0.1, -0.05) is 94.2 Å². The number of aryl methyl sites for hydroxylation is 1. The van der Waals surface area contributed by atoms with E-state index in [-0.39, 0.29) is 13.4 Å². The number of amides is 1. The maximum absolute atomic E-state index is 13.6. The van der Waals surface area contributed by atoms with Crippen molar-refractivity contribution in [2.24, 2.45) is 5.41 Å². The normalized spacial score (nSPS) is 16.7. The largest absolute Gasteiger partial charge is 0.456 e. The van der Waals surface area contributed by atoms with Crippen LogP contribution in [0.15, 0.2) is 60.7 Å². The van der Waals surface area contributed by atoms with Crippen LogP contribution in [0.5, 0.6) is 0 Å². The lowest BCUT2D eigenvalue weighted by molar-refractivity contribution is -0.165. The number of ketones is 1. The molecule has 0 spiro atoms. The molecule has 1 fully saturated rings. The van der Waals surface area contributed by atoms with E-state index in [1.807, 2.05) is 48.5 Å². The molecule has 2 aromatic carbocycles. The minimum absolute atomic E-state index is 0.0586. The van der Waals surface area contributed by atoms with Gasteiger partial charge in [-0.05, 0) is 49.3 Å². The Morgan fingerprint density at radius 3 is 2.27 bits per heavy atom. The molecule has 0 saturated carbocycles. The number of hydrogen-bond acceptors (Lipinski definition) is 6. The van der Waals surface area contributed by atoms with Gasteiger partial charge in [0.15, 0.2) is 0 Å². The van der Waals surface area contributed by atoms with Gasteiger partial charge >= 0.3 is 5.97 Å². The van der Waals surface area contributed by atoms with Gasteiger partial charge in [-0.2, -0.15) is 0 Å². The molecule has 3 rings (SSSR count). The SMILES string of the molecule is CC(C)(COCOCC[Si](C)(C)C)C(=O)C(=O)N1CCCCC1C(=O)OC(CCc1ccccc1)c1ccccc1. The van der Waals surface area contributed by atoms with Crippen LogP contribution >= 0.6 is 0 Å². The highest BCUT2D eigenvalue weighted by Crippen LogP contribution is 2.28. The van der Waals surface area contributed by atoms with Crippen molar-refractivity contribution in [3.8, 4) is 0 Å². The predicted molar refractivity (Wildman–Crippen MR) is 163 cm³/mol. The molecular formula is C33H47NO6Si. The van der Waals surface area contributed by atoms with Crippen molar-refractivity contribution >= 4 is 25.7 Å². The van der Waals surface area contributed by atoms with Gasteiger partial charge in [-0.15, -0.1) is 0 Å². The van der Waals surface area contributed by atoms with Gasteiger partial charge < -0.3 is 19.1 Å². The number of carbonyl (C=O) groups excluding carboxylic acids is 3. The molecule has 2 unspecified atom stereocenters. The third-order valence-electron chi connectivity index (χ3n) is 7.44. The molecule has 1 saturated heterocycles. The van der Waals surface area contributed by atoms with E-state index >= 15 is 0 Å². The Bertz CT molecular complexity index is 1120. The van der Waals surface area contributed by atoms with Crippen LogP contribution in [-0.2, 0) is 35.0 Å². The fourth-order valence-electron chi connectivity index (χ4n) is 4.82. The molecule has 0 N–H and O–H groups in total. The Labute approximate surface area is 246 Å². The van der Waals surface area contributed by atoms with Gasteiger partial charge in [0.1, 0.15) is 18.9 Å². The van der Waals surface area contributed by atoms with Crippen LogP contribution in [0, 0.1) is 5.41 Å². The molecule has 0 aliphatic carbocycles. The van der Waals surface area contributed by atoms with Gasteiger partial charge in [0.05, 0.1) is 12.0 Å². The number of esters is 1. The number of likely N-dealkylation sites (tertiary alicyclic amines) is 1. The van der Waals surface area contributed by atoms with Crippen LogP contribution in [0.2, 0.25) is 25.7 Å². The summed E-state index contributed by atoms with van der Waals surface area (Å²) >= 11 is 0. The Morgan fingerprint density at radius 2 is 1.61 bits per heavy atom.